The molecule has 0 saturated carbocycles. The fourth-order valence-corrected chi connectivity index (χ4v) is 6.79. The van der Waals surface area contributed by atoms with Crippen LogP contribution < -0.4 is 21.1 Å². The fourth-order valence-electron chi connectivity index (χ4n) is 4.38. The second-order valence-electron chi connectivity index (χ2n) is 8.73. The van der Waals surface area contributed by atoms with E-state index in [0.717, 1.165) is 46.2 Å². The van der Waals surface area contributed by atoms with Gasteiger partial charge in [0.2, 0.25) is 11.5 Å². The molecule has 0 atom stereocenters. The Balaban J connectivity index is 1.24. The lowest BCUT2D eigenvalue weighted by molar-refractivity contribution is 0.122. The van der Waals surface area contributed by atoms with E-state index in [1.54, 1.807) is 36.6 Å². The van der Waals surface area contributed by atoms with E-state index in [1.165, 1.54) is 14.7 Å². The van der Waals surface area contributed by atoms with Gasteiger partial charge < -0.3 is 25.3 Å². The second kappa shape index (κ2) is 10.5. The largest absolute Gasteiger partial charge is 0.381 e. The van der Waals surface area contributed by atoms with Gasteiger partial charge in [-0.2, -0.15) is 0 Å². The number of benzene rings is 2. The maximum Gasteiger partial charge on any atom is 0.250 e. The highest BCUT2D eigenvalue weighted by atomic mass is 32.2. The lowest BCUT2D eigenvalue weighted by Gasteiger charge is -2.29. The summed E-state index contributed by atoms with van der Waals surface area (Å²) in [6, 6.07) is 16.5. The van der Waals surface area contributed by atoms with Gasteiger partial charge in [-0.1, -0.05) is 35.7 Å². The second-order valence-corrected chi connectivity index (χ2v) is 10.9. The van der Waals surface area contributed by atoms with Crippen molar-refractivity contribution < 1.29 is 4.74 Å². The van der Waals surface area contributed by atoms with Gasteiger partial charge in [0.25, 0.3) is 0 Å². The zero-order chi connectivity index (χ0) is 25.2. The molecule has 4 aromatic rings. The molecule has 10 heteroatoms. The number of hydrogen-bond donors (Lipinski definition) is 3. The molecule has 2 aliphatic heterocycles. The minimum atomic E-state index is -0.0906. The maximum atomic E-state index is 12.6. The molecule has 6 rings (SSSR count). The fraction of sp³-hybridized carbons (Fsp3) is 0.222. The zero-order valence-corrected chi connectivity index (χ0v) is 21.9. The van der Waals surface area contributed by atoms with Crippen molar-refractivity contribution in [1.82, 2.24) is 15.0 Å². The van der Waals surface area contributed by atoms with E-state index in [0.29, 0.717) is 25.7 Å². The van der Waals surface area contributed by atoms with Crippen molar-refractivity contribution in [3.63, 3.8) is 0 Å². The summed E-state index contributed by atoms with van der Waals surface area (Å²) in [4.78, 5) is 31.2. The minimum absolute atomic E-state index is 0.0906. The summed E-state index contributed by atoms with van der Waals surface area (Å²) in [5.74, 6) is 0.612. The Kier molecular flexibility index (Phi) is 6.77. The Hall–Kier alpha value is -3.47. The number of anilines is 3. The highest BCUT2D eigenvalue weighted by Crippen LogP contribution is 2.52. The van der Waals surface area contributed by atoms with Crippen LogP contribution in [0.25, 0.3) is 11.3 Å². The van der Waals surface area contributed by atoms with Crippen LogP contribution in [0.2, 0.25) is 0 Å². The summed E-state index contributed by atoms with van der Waals surface area (Å²) in [5.41, 5.74) is 4.79. The van der Waals surface area contributed by atoms with E-state index in [-0.39, 0.29) is 5.56 Å². The summed E-state index contributed by atoms with van der Waals surface area (Å²) in [5, 5.41) is 6.41. The third kappa shape index (κ3) is 5.18. The van der Waals surface area contributed by atoms with Crippen molar-refractivity contribution in [3.05, 3.63) is 76.8 Å². The predicted molar refractivity (Wildman–Crippen MR) is 149 cm³/mol. The standard InChI is InChI=1S/C27H26N6O2S2/c1-28-27-30-15-17(16-31-27)14-29-18-5-6-22-24(11-18)36-23-4-2-3-20(26(23)37-22)21-12-19(13-25(34)32-21)33-7-9-35-10-8-33/h2-6,11-13,15-16,29H,7-10,14H2,1H3,(H,32,34)(H,28,30,31). The molecule has 0 amide bonds. The SMILES string of the molecule is CNc1ncc(CNc2ccc3c(c2)Sc2cccc(-c4cc(N5CCOCC5)cc(=O)[nH]4)c2S3)cn1. The quantitative estimate of drug-likeness (QED) is 0.282. The maximum absolute atomic E-state index is 12.6. The molecule has 188 valence electrons. The first-order chi connectivity index (χ1) is 18.2. The molecule has 1 fully saturated rings. The van der Waals surface area contributed by atoms with Crippen LogP contribution in [0, 0.1) is 0 Å². The molecule has 2 aromatic carbocycles. The Morgan fingerprint density at radius 1 is 1.00 bits per heavy atom. The topological polar surface area (TPSA) is 95.2 Å². The van der Waals surface area contributed by atoms with Crippen LogP contribution >= 0.6 is 23.5 Å². The van der Waals surface area contributed by atoms with E-state index in [2.05, 4.69) is 72.9 Å². The monoisotopic (exact) mass is 530 g/mol. The molecule has 8 nitrogen and oxygen atoms in total. The highest BCUT2D eigenvalue weighted by molar-refractivity contribution is 8.05. The molecule has 2 aliphatic rings. The van der Waals surface area contributed by atoms with E-state index >= 15 is 0 Å². The van der Waals surface area contributed by atoms with E-state index in [4.69, 9.17) is 4.74 Å². The predicted octanol–water partition coefficient (Wildman–Crippen LogP) is 4.94. The Morgan fingerprint density at radius 3 is 2.65 bits per heavy atom. The molecule has 37 heavy (non-hydrogen) atoms. The van der Waals surface area contributed by atoms with Crippen LogP contribution in [0.5, 0.6) is 0 Å². The van der Waals surface area contributed by atoms with E-state index in [1.807, 2.05) is 12.4 Å². The Labute approximate surface area is 223 Å². The number of H-pyrrole nitrogens is 1. The number of fused-ring (bicyclic) bond motifs is 2. The van der Waals surface area contributed by atoms with Crippen molar-refractivity contribution in [2.75, 3.05) is 48.9 Å². The van der Waals surface area contributed by atoms with E-state index < -0.39 is 0 Å². The van der Waals surface area contributed by atoms with Crippen LogP contribution in [0.4, 0.5) is 17.3 Å². The zero-order valence-electron chi connectivity index (χ0n) is 20.3. The first kappa shape index (κ1) is 23.9. The number of nitrogens with zero attached hydrogens (tertiary/aromatic N) is 3. The van der Waals surface area contributed by atoms with Gasteiger partial charge in [-0.3, -0.25) is 4.79 Å². The van der Waals surface area contributed by atoms with Crippen molar-refractivity contribution in [2.45, 2.75) is 26.1 Å². The summed E-state index contributed by atoms with van der Waals surface area (Å²) in [6.07, 6.45) is 3.65. The number of morpholine rings is 1. The number of hydrogen-bond acceptors (Lipinski definition) is 9. The van der Waals surface area contributed by atoms with Gasteiger partial charge >= 0.3 is 0 Å². The van der Waals surface area contributed by atoms with Crippen molar-refractivity contribution >= 4 is 40.8 Å². The highest BCUT2D eigenvalue weighted by Gasteiger charge is 2.22. The van der Waals surface area contributed by atoms with Crippen LogP contribution in [0.15, 0.2) is 85.3 Å². The van der Waals surface area contributed by atoms with Gasteiger partial charge in [0, 0.05) is 87.2 Å². The molecule has 3 N–H and O–H groups in total. The third-order valence-electron chi connectivity index (χ3n) is 6.28. The molecule has 0 unspecified atom stereocenters. The first-order valence-corrected chi connectivity index (χ1v) is 13.7. The normalized spacial score (nSPS) is 14.6. The lowest BCUT2D eigenvalue weighted by Crippen LogP contribution is -2.36. The van der Waals surface area contributed by atoms with Crippen molar-refractivity contribution in [1.29, 1.82) is 0 Å². The number of aromatic amines is 1. The molecular formula is C27H26N6O2S2. The first-order valence-electron chi connectivity index (χ1n) is 12.1. The average Bonchev–Trinajstić information content (AvgIpc) is 2.95. The summed E-state index contributed by atoms with van der Waals surface area (Å²) in [7, 11) is 1.80. The number of pyridine rings is 1. The van der Waals surface area contributed by atoms with Gasteiger partial charge in [-0.05, 0) is 30.3 Å². The smallest absolute Gasteiger partial charge is 0.250 e. The summed E-state index contributed by atoms with van der Waals surface area (Å²) < 4.78 is 5.48. The van der Waals surface area contributed by atoms with Gasteiger partial charge in [0.15, 0.2) is 0 Å². The summed E-state index contributed by atoms with van der Waals surface area (Å²) >= 11 is 3.50. The van der Waals surface area contributed by atoms with Crippen LogP contribution in [0.1, 0.15) is 5.56 Å². The number of nitrogens with one attached hydrogen (secondary N) is 3. The van der Waals surface area contributed by atoms with Crippen LogP contribution in [0.3, 0.4) is 0 Å². The molecule has 0 bridgehead atoms. The molecule has 1 saturated heterocycles. The van der Waals surface area contributed by atoms with Gasteiger partial charge in [0.1, 0.15) is 0 Å². The third-order valence-corrected chi connectivity index (χ3v) is 8.87. The molecule has 4 heterocycles. The van der Waals surface area contributed by atoms with Crippen LogP contribution in [-0.4, -0.2) is 48.3 Å². The molecular weight excluding hydrogens is 504 g/mol. The van der Waals surface area contributed by atoms with Crippen molar-refractivity contribution in [2.24, 2.45) is 0 Å². The van der Waals surface area contributed by atoms with Gasteiger partial charge in [-0.25, -0.2) is 9.97 Å². The molecule has 0 radical (unpaired) electrons. The van der Waals surface area contributed by atoms with Gasteiger partial charge in [-0.15, -0.1) is 0 Å². The number of aromatic nitrogens is 3. The van der Waals surface area contributed by atoms with Crippen molar-refractivity contribution in [3.8, 4) is 11.3 Å². The summed E-state index contributed by atoms with van der Waals surface area (Å²) in [6.45, 7) is 3.59. The molecule has 0 aliphatic carbocycles. The molecule has 2 aromatic heterocycles. The number of rotatable bonds is 6. The lowest BCUT2D eigenvalue weighted by atomic mass is 10.1. The number of ether oxygens (including phenoxy) is 1. The minimum Gasteiger partial charge on any atom is -0.381 e. The van der Waals surface area contributed by atoms with E-state index in [9.17, 15) is 4.79 Å². The van der Waals surface area contributed by atoms with Gasteiger partial charge in [0.05, 0.1) is 18.9 Å². The van der Waals surface area contributed by atoms with Crippen LogP contribution in [-0.2, 0) is 11.3 Å². The average molecular weight is 531 g/mol. The Morgan fingerprint density at radius 2 is 1.84 bits per heavy atom. The Bertz CT molecular complexity index is 1490. The molecule has 0 spiro atoms.